The quantitative estimate of drug-likeness (QED) is 0.325. The third-order valence-electron chi connectivity index (χ3n) is 5.42. The molecule has 2 heterocycles. The summed E-state index contributed by atoms with van der Waals surface area (Å²) in [5.74, 6) is -2.04. The molecule has 0 spiro atoms. The number of aromatic nitrogens is 1. The molecule has 0 saturated carbocycles. The predicted molar refractivity (Wildman–Crippen MR) is 123 cm³/mol. The number of benzene rings is 2. The zero-order valence-electron chi connectivity index (χ0n) is 18.0. The van der Waals surface area contributed by atoms with E-state index in [4.69, 9.17) is 20.8 Å². The summed E-state index contributed by atoms with van der Waals surface area (Å²) >= 11 is 6.27. The van der Waals surface area contributed by atoms with Crippen LogP contribution in [-0.4, -0.2) is 34.6 Å². The van der Waals surface area contributed by atoms with Gasteiger partial charge in [-0.25, -0.2) is 4.79 Å². The number of H-pyrrole nitrogens is 1. The lowest BCUT2D eigenvalue weighted by molar-refractivity contribution is -0.308. The monoisotopic (exact) mass is 483 g/mol. The van der Waals surface area contributed by atoms with Crippen LogP contribution in [0.15, 0.2) is 51.8 Å². The Morgan fingerprint density at radius 1 is 1.21 bits per heavy atom. The molecule has 176 valence electrons. The van der Waals surface area contributed by atoms with E-state index < -0.39 is 30.2 Å². The number of nitrogens with one attached hydrogen (secondary N) is 2. The Labute approximate surface area is 197 Å². The molecule has 4 rings (SSSR count). The molecule has 0 saturated heterocycles. The van der Waals surface area contributed by atoms with E-state index in [1.807, 2.05) is 6.92 Å². The predicted octanol–water partition coefficient (Wildman–Crippen LogP) is 2.05. The van der Waals surface area contributed by atoms with Gasteiger partial charge in [0.1, 0.15) is 17.1 Å². The number of aryl methyl sites for hydroxylation is 1. The van der Waals surface area contributed by atoms with Crippen molar-refractivity contribution in [2.75, 3.05) is 6.61 Å². The molecular weight excluding hydrogens is 464 g/mol. The molecule has 0 aliphatic carbocycles. The van der Waals surface area contributed by atoms with Crippen molar-refractivity contribution in [3.05, 3.63) is 69.2 Å². The van der Waals surface area contributed by atoms with Gasteiger partial charge in [0, 0.05) is 41.0 Å². The number of fused-ring (bicyclic) bond motifs is 2. The SMILES string of the molecule is CCc1cc(=O)oc2cc(OCC(=O)N[C@@H](Cc3c[nH]c4ccc(O)cc34)C(=O)[O-])c(Cl)cc12. The Bertz CT molecular complexity index is 1460. The average Bonchev–Trinajstić information content (AvgIpc) is 3.18. The molecule has 0 bridgehead atoms. The fourth-order valence-corrected chi connectivity index (χ4v) is 3.98. The highest BCUT2D eigenvalue weighted by atomic mass is 35.5. The molecule has 0 unspecified atom stereocenters. The van der Waals surface area contributed by atoms with Crippen LogP contribution in [0.3, 0.4) is 0 Å². The van der Waals surface area contributed by atoms with E-state index in [0.717, 1.165) is 5.56 Å². The lowest BCUT2D eigenvalue weighted by Gasteiger charge is -2.20. The van der Waals surface area contributed by atoms with Crippen LogP contribution in [0.1, 0.15) is 18.1 Å². The Balaban J connectivity index is 1.47. The first-order valence-electron chi connectivity index (χ1n) is 10.4. The lowest BCUT2D eigenvalue weighted by Crippen LogP contribution is -2.50. The molecule has 1 atom stereocenters. The van der Waals surface area contributed by atoms with Crippen LogP contribution in [0.4, 0.5) is 0 Å². The number of carbonyl (C=O) groups is 2. The molecule has 4 aromatic rings. The van der Waals surface area contributed by atoms with Crippen molar-refractivity contribution < 1.29 is 29.0 Å². The molecule has 1 amide bonds. The van der Waals surface area contributed by atoms with Gasteiger partial charge in [-0.2, -0.15) is 0 Å². The number of aromatic amines is 1. The van der Waals surface area contributed by atoms with E-state index >= 15 is 0 Å². The van der Waals surface area contributed by atoms with Gasteiger partial charge in [-0.05, 0) is 41.8 Å². The molecule has 3 N–H and O–H groups in total. The molecule has 34 heavy (non-hydrogen) atoms. The van der Waals surface area contributed by atoms with Crippen molar-refractivity contribution >= 4 is 45.3 Å². The maximum atomic E-state index is 12.4. The minimum atomic E-state index is -1.47. The number of ether oxygens (including phenoxy) is 1. The van der Waals surface area contributed by atoms with Crippen molar-refractivity contribution in [2.24, 2.45) is 0 Å². The van der Waals surface area contributed by atoms with E-state index in [0.29, 0.717) is 28.3 Å². The van der Waals surface area contributed by atoms with Crippen molar-refractivity contribution in [2.45, 2.75) is 25.8 Å². The summed E-state index contributed by atoms with van der Waals surface area (Å²) in [6.45, 7) is 1.37. The van der Waals surface area contributed by atoms with Crippen molar-refractivity contribution in [3.63, 3.8) is 0 Å². The number of rotatable bonds is 8. The average molecular weight is 484 g/mol. The van der Waals surface area contributed by atoms with Crippen molar-refractivity contribution in [1.29, 1.82) is 0 Å². The molecular formula is C24H20ClN2O7-. The maximum absolute atomic E-state index is 12.4. The standard InChI is InChI=1S/C24H21ClN2O7/c1-2-12-6-23(30)34-20-9-21(17(25)8-16(12)20)33-11-22(29)27-19(24(31)32)5-13-10-26-18-4-3-14(28)7-15(13)18/h3-4,6-10,19,26,28H,2,5,11H2,1H3,(H,27,29)(H,31,32)/p-1/t19-/m0/s1. The van der Waals surface area contributed by atoms with E-state index in [1.54, 1.807) is 18.3 Å². The number of halogens is 1. The van der Waals surface area contributed by atoms with E-state index in [1.165, 1.54) is 24.3 Å². The highest BCUT2D eigenvalue weighted by Crippen LogP contribution is 2.31. The van der Waals surface area contributed by atoms with Crippen molar-refractivity contribution in [3.8, 4) is 11.5 Å². The number of carboxylic acids is 1. The van der Waals surface area contributed by atoms with Gasteiger partial charge in [0.05, 0.1) is 17.0 Å². The fourth-order valence-electron chi connectivity index (χ4n) is 3.76. The number of aliphatic carboxylic acids is 1. The molecule has 2 aromatic carbocycles. The number of carbonyl (C=O) groups excluding carboxylic acids is 2. The van der Waals surface area contributed by atoms with Gasteiger partial charge in [0.25, 0.3) is 5.91 Å². The molecule has 0 aliphatic rings. The zero-order chi connectivity index (χ0) is 24.4. The van der Waals surface area contributed by atoms with Crippen molar-refractivity contribution in [1.82, 2.24) is 10.3 Å². The highest BCUT2D eigenvalue weighted by molar-refractivity contribution is 6.32. The number of aromatic hydroxyl groups is 1. The first-order valence-corrected chi connectivity index (χ1v) is 10.8. The zero-order valence-corrected chi connectivity index (χ0v) is 18.8. The van der Waals surface area contributed by atoms with E-state index in [9.17, 15) is 24.6 Å². The number of carboxylic acid groups (broad SMARTS) is 1. The van der Waals surface area contributed by atoms with Gasteiger partial charge in [0.15, 0.2) is 6.61 Å². The maximum Gasteiger partial charge on any atom is 0.336 e. The number of phenolic OH excluding ortho intramolecular Hbond substituents is 1. The summed E-state index contributed by atoms with van der Waals surface area (Å²) in [6, 6.07) is 7.72. The summed E-state index contributed by atoms with van der Waals surface area (Å²) in [5.41, 5.74) is 1.81. The Morgan fingerprint density at radius 2 is 2.00 bits per heavy atom. The van der Waals surface area contributed by atoms with Gasteiger partial charge in [-0.3, -0.25) is 4.79 Å². The molecule has 0 fully saturated rings. The lowest BCUT2D eigenvalue weighted by atomic mass is 10.0. The molecule has 0 aliphatic heterocycles. The topological polar surface area (TPSA) is 145 Å². The number of phenols is 1. The first kappa shape index (κ1) is 23.2. The summed E-state index contributed by atoms with van der Waals surface area (Å²) in [5, 5.41) is 25.2. The molecule has 0 radical (unpaired) electrons. The van der Waals surface area contributed by atoms with Crippen LogP contribution >= 0.6 is 11.6 Å². The van der Waals surface area contributed by atoms with E-state index in [2.05, 4.69) is 10.3 Å². The van der Waals surface area contributed by atoms with Crippen LogP contribution < -0.4 is 20.8 Å². The first-order chi connectivity index (χ1) is 16.2. The smallest absolute Gasteiger partial charge is 0.336 e. The fraction of sp³-hybridized carbons (Fsp3) is 0.208. The minimum Gasteiger partial charge on any atom is -0.548 e. The number of hydrogen-bond donors (Lipinski definition) is 3. The Morgan fingerprint density at radius 3 is 2.74 bits per heavy atom. The third-order valence-corrected chi connectivity index (χ3v) is 5.71. The van der Waals surface area contributed by atoms with Gasteiger partial charge < -0.3 is 34.5 Å². The highest BCUT2D eigenvalue weighted by Gasteiger charge is 2.18. The summed E-state index contributed by atoms with van der Waals surface area (Å²) < 4.78 is 10.7. The second-order valence-corrected chi connectivity index (χ2v) is 8.11. The van der Waals surface area contributed by atoms with Gasteiger partial charge in [-0.1, -0.05) is 18.5 Å². The molecule has 9 nitrogen and oxygen atoms in total. The molecule has 10 heteroatoms. The molecule has 2 aromatic heterocycles. The number of hydrogen-bond acceptors (Lipinski definition) is 7. The van der Waals surface area contributed by atoms with Gasteiger partial charge in [-0.15, -0.1) is 0 Å². The van der Waals surface area contributed by atoms with Crippen LogP contribution in [0.25, 0.3) is 21.9 Å². The summed E-state index contributed by atoms with van der Waals surface area (Å²) in [4.78, 5) is 38.8. The normalized spacial score (nSPS) is 12.1. The third kappa shape index (κ3) is 4.84. The second-order valence-electron chi connectivity index (χ2n) is 7.70. The van der Waals surface area contributed by atoms with Crippen LogP contribution in [-0.2, 0) is 22.4 Å². The largest absolute Gasteiger partial charge is 0.548 e. The van der Waals surface area contributed by atoms with Crippen LogP contribution in [0.2, 0.25) is 5.02 Å². The van der Waals surface area contributed by atoms with Gasteiger partial charge >= 0.3 is 5.63 Å². The van der Waals surface area contributed by atoms with E-state index in [-0.39, 0.29) is 28.5 Å². The Kier molecular flexibility index (Phi) is 6.47. The second kappa shape index (κ2) is 9.48. The summed E-state index contributed by atoms with van der Waals surface area (Å²) in [7, 11) is 0. The minimum absolute atomic E-state index is 0.0324. The van der Waals surface area contributed by atoms with Crippen LogP contribution in [0, 0.1) is 0 Å². The summed E-state index contributed by atoms with van der Waals surface area (Å²) in [6.07, 6.45) is 2.14. The van der Waals surface area contributed by atoms with Crippen LogP contribution in [0.5, 0.6) is 11.5 Å². The van der Waals surface area contributed by atoms with Gasteiger partial charge in [0.2, 0.25) is 0 Å². The Hall–Kier alpha value is -3.98. The number of amides is 1.